The number of hydrogen-bond donors (Lipinski definition) is 2. The first kappa shape index (κ1) is 19.9. The predicted octanol–water partition coefficient (Wildman–Crippen LogP) is 3.48. The molecular formula is C23H23N3O4. The Balaban J connectivity index is 1.57. The van der Waals surface area contributed by atoms with Crippen molar-refractivity contribution in [3.8, 4) is 11.5 Å². The maximum Gasteiger partial charge on any atom is 0.254 e. The number of fused-ring (bicyclic) bond motifs is 1. The summed E-state index contributed by atoms with van der Waals surface area (Å²) >= 11 is 0. The van der Waals surface area contributed by atoms with Crippen LogP contribution in [-0.2, 0) is 22.5 Å². The van der Waals surface area contributed by atoms with E-state index in [1.165, 1.54) is 7.11 Å². The number of hydrogen-bond acceptors (Lipinski definition) is 5. The zero-order valence-corrected chi connectivity index (χ0v) is 16.6. The van der Waals surface area contributed by atoms with Crippen molar-refractivity contribution in [1.82, 2.24) is 9.78 Å². The Kier molecular flexibility index (Phi) is 5.92. The standard InChI is InChI=1S/C23H23N3O4/c1-29-21(13-16-7-3-2-4-8-16)23(28)24-22-15-18(25-26(22)11-12-27)20-14-17-9-5-6-10-19(17)30-20/h2-10,14-15,21,27H,11-13H2,1H3,(H,24,28). The number of para-hydroxylation sites is 1. The van der Waals surface area contributed by atoms with Gasteiger partial charge in [0.05, 0.1) is 13.2 Å². The minimum atomic E-state index is -0.653. The topological polar surface area (TPSA) is 89.5 Å². The van der Waals surface area contributed by atoms with Gasteiger partial charge in [0.15, 0.2) is 5.76 Å². The average molecular weight is 405 g/mol. The summed E-state index contributed by atoms with van der Waals surface area (Å²) in [6.45, 7) is 0.133. The van der Waals surface area contributed by atoms with Crippen LogP contribution in [0.5, 0.6) is 0 Å². The van der Waals surface area contributed by atoms with E-state index in [-0.39, 0.29) is 19.1 Å². The zero-order valence-electron chi connectivity index (χ0n) is 16.6. The van der Waals surface area contributed by atoms with Crippen LogP contribution in [0.3, 0.4) is 0 Å². The molecular weight excluding hydrogens is 382 g/mol. The van der Waals surface area contributed by atoms with E-state index in [0.717, 1.165) is 16.5 Å². The molecule has 2 N–H and O–H groups in total. The number of amides is 1. The Labute approximate surface area is 173 Å². The molecule has 4 aromatic rings. The van der Waals surface area contributed by atoms with Gasteiger partial charge < -0.3 is 19.6 Å². The second-order valence-corrected chi connectivity index (χ2v) is 6.91. The van der Waals surface area contributed by atoms with Crippen molar-refractivity contribution < 1.29 is 19.1 Å². The molecule has 2 heterocycles. The zero-order chi connectivity index (χ0) is 20.9. The van der Waals surface area contributed by atoms with Gasteiger partial charge in [0, 0.05) is 25.0 Å². The summed E-state index contributed by atoms with van der Waals surface area (Å²) in [5.41, 5.74) is 2.34. The molecule has 7 nitrogen and oxygen atoms in total. The number of ether oxygens (including phenoxy) is 1. The van der Waals surface area contributed by atoms with Crippen LogP contribution in [0.15, 0.2) is 71.1 Å². The highest BCUT2D eigenvalue weighted by Crippen LogP contribution is 2.28. The van der Waals surface area contributed by atoms with Crippen molar-refractivity contribution in [2.75, 3.05) is 19.0 Å². The minimum Gasteiger partial charge on any atom is -0.454 e. The lowest BCUT2D eigenvalue weighted by molar-refractivity contribution is -0.125. The van der Waals surface area contributed by atoms with Crippen molar-refractivity contribution in [2.45, 2.75) is 19.1 Å². The minimum absolute atomic E-state index is 0.109. The van der Waals surface area contributed by atoms with Gasteiger partial charge in [-0.1, -0.05) is 48.5 Å². The molecule has 0 saturated heterocycles. The summed E-state index contributed by atoms with van der Waals surface area (Å²) in [6, 6.07) is 21.0. The first-order valence-electron chi connectivity index (χ1n) is 9.73. The molecule has 7 heteroatoms. The van der Waals surface area contributed by atoms with Crippen molar-refractivity contribution in [3.63, 3.8) is 0 Å². The van der Waals surface area contributed by atoms with E-state index in [1.54, 1.807) is 10.7 Å². The fourth-order valence-electron chi connectivity index (χ4n) is 3.33. The van der Waals surface area contributed by atoms with Crippen LogP contribution in [0.2, 0.25) is 0 Å². The lowest BCUT2D eigenvalue weighted by Crippen LogP contribution is -2.32. The van der Waals surface area contributed by atoms with Gasteiger partial charge in [-0.2, -0.15) is 5.10 Å². The van der Waals surface area contributed by atoms with Crippen LogP contribution in [0.25, 0.3) is 22.4 Å². The average Bonchev–Trinajstić information content (AvgIpc) is 3.37. The van der Waals surface area contributed by atoms with E-state index >= 15 is 0 Å². The third-order valence-electron chi connectivity index (χ3n) is 4.86. The molecule has 154 valence electrons. The van der Waals surface area contributed by atoms with Crippen LogP contribution >= 0.6 is 0 Å². The van der Waals surface area contributed by atoms with Gasteiger partial charge in [-0.25, -0.2) is 4.68 Å². The fourth-order valence-corrected chi connectivity index (χ4v) is 3.33. The van der Waals surface area contributed by atoms with E-state index in [4.69, 9.17) is 9.15 Å². The molecule has 0 aliphatic rings. The summed E-state index contributed by atoms with van der Waals surface area (Å²) < 4.78 is 12.8. The Morgan fingerprint density at radius 3 is 2.67 bits per heavy atom. The highest BCUT2D eigenvalue weighted by Gasteiger charge is 2.21. The van der Waals surface area contributed by atoms with Gasteiger partial charge in [0.2, 0.25) is 0 Å². The van der Waals surface area contributed by atoms with Gasteiger partial charge in [0.25, 0.3) is 5.91 Å². The first-order valence-corrected chi connectivity index (χ1v) is 9.73. The van der Waals surface area contributed by atoms with Crippen LogP contribution in [-0.4, -0.2) is 40.6 Å². The highest BCUT2D eigenvalue weighted by atomic mass is 16.5. The molecule has 1 amide bonds. The summed E-state index contributed by atoms with van der Waals surface area (Å²) in [5.74, 6) is 0.784. The quantitative estimate of drug-likeness (QED) is 0.468. The maximum atomic E-state index is 12.8. The molecule has 4 rings (SSSR count). The van der Waals surface area contributed by atoms with Crippen molar-refractivity contribution in [1.29, 1.82) is 0 Å². The number of benzene rings is 2. The third kappa shape index (κ3) is 4.27. The Morgan fingerprint density at radius 2 is 1.93 bits per heavy atom. The maximum absolute atomic E-state index is 12.8. The van der Waals surface area contributed by atoms with Crippen molar-refractivity contribution in [3.05, 3.63) is 72.3 Å². The SMILES string of the molecule is COC(Cc1ccccc1)C(=O)Nc1cc(-c2cc3ccccc3o2)nn1CCO. The number of furan rings is 1. The Bertz CT molecular complexity index is 1100. The molecule has 0 radical (unpaired) electrons. The van der Waals surface area contributed by atoms with E-state index in [1.807, 2.05) is 60.7 Å². The molecule has 0 aliphatic carbocycles. The van der Waals surface area contributed by atoms with Gasteiger partial charge in [-0.3, -0.25) is 4.79 Å². The summed E-state index contributed by atoms with van der Waals surface area (Å²) in [4.78, 5) is 12.8. The smallest absolute Gasteiger partial charge is 0.254 e. The van der Waals surface area contributed by atoms with Crippen molar-refractivity contribution >= 4 is 22.7 Å². The number of anilines is 1. The molecule has 2 aromatic heterocycles. The molecule has 30 heavy (non-hydrogen) atoms. The number of carbonyl (C=O) groups excluding carboxylic acids is 1. The number of nitrogens with zero attached hydrogens (tertiary/aromatic N) is 2. The van der Waals surface area contributed by atoms with Crippen LogP contribution < -0.4 is 5.32 Å². The molecule has 0 fully saturated rings. The van der Waals surface area contributed by atoms with Gasteiger partial charge >= 0.3 is 0 Å². The van der Waals surface area contributed by atoms with Crippen LogP contribution in [0.4, 0.5) is 5.82 Å². The molecule has 0 spiro atoms. The van der Waals surface area contributed by atoms with Gasteiger partial charge in [-0.15, -0.1) is 0 Å². The number of aliphatic hydroxyl groups excluding tert-OH is 1. The van der Waals surface area contributed by atoms with Gasteiger partial charge in [0.1, 0.15) is 23.2 Å². The summed E-state index contributed by atoms with van der Waals surface area (Å²) in [5, 5.41) is 17.7. The monoisotopic (exact) mass is 405 g/mol. The molecule has 0 saturated carbocycles. The van der Waals surface area contributed by atoms with E-state index in [2.05, 4.69) is 10.4 Å². The fraction of sp³-hybridized carbons (Fsp3) is 0.217. The first-order chi connectivity index (χ1) is 14.7. The lowest BCUT2D eigenvalue weighted by Gasteiger charge is -2.16. The largest absolute Gasteiger partial charge is 0.454 e. The highest BCUT2D eigenvalue weighted by molar-refractivity contribution is 5.94. The van der Waals surface area contributed by atoms with E-state index < -0.39 is 6.10 Å². The van der Waals surface area contributed by atoms with Crippen LogP contribution in [0, 0.1) is 0 Å². The second-order valence-electron chi connectivity index (χ2n) is 6.91. The normalized spacial score (nSPS) is 12.2. The molecule has 2 aromatic carbocycles. The Morgan fingerprint density at radius 1 is 1.17 bits per heavy atom. The van der Waals surface area contributed by atoms with E-state index in [9.17, 15) is 9.90 Å². The third-order valence-corrected chi connectivity index (χ3v) is 4.86. The molecule has 0 aliphatic heterocycles. The van der Waals surface area contributed by atoms with Gasteiger partial charge in [-0.05, 0) is 17.7 Å². The molecule has 0 bridgehead atoms. The number of aromatic nitrogens is 2. The number of methoxy groups -OCH3 is 1. The molecule has 1 unspecified atom stereocenters. The summed E-state index contributed by atoms with van der Waals surface area (Å²) in [6.07, 6.45) is -0.201. The molecule has 1 atom stereocenters. The number of aliphatic hydroxyl groups is 1. The lowest BCUT2D eigenvalue weighted by atomic mass is 10.1. The van der Waals surface area contributed by atoms with Crippen LogP contribution in [0.1, 0.15) is 5.56 Å². The number of carbonyl (C=O) groups is 1. The summed E-state index contributed by atoms with van der Waals surface area (Å²) in [7, 11) is 1.51. The van der Waals surface area contributed by atoms with Crippen molar-refractivity contribution in [2.24, 2.45) is 0 Å². The number of nitrogens with one attached hydrogen (secondary N) is 1. The predicted molar refractivity (Wildman–Crippen MR) is 114 cm³/mol. The second kappa shape index (κ2) is 8.94. The van der Waals surface area contributed by atoms with E-state index in [0.29, 0.717) is 23.7 Å². The number of rotatable bonds is 8. The Hall–Kier alpha value is -3.42.